The number of benzene rings is 1. The normalized spacial score (nSPS) is 12.2. The van der Waals surface area contributed by atoms with Crippen LogP contribution in [0.4, 0.5) is 13.2 Å². The monoisotopic (exact) mass is 422 g/mol. The van der Waals surface area contributed by atoms with Gasteiger partial charge in [0.15, 0.2) is 23.2 Å². The van der Waals surface area contributed by atoms with Gasteiger partial charge in [0.2, 0.25) is 0 Å². The number of hydrogen-bond acceptors (Lipinski definition) is 3. The van der Waals surface area contributed by atoms with Crippen molar-refractivity contribution in [2.24, 2.45) is 0 Å². The molecule has 0 aliphatic carbocycles. The molecule has 2 rings (SSSR count). The minimum atomic E-state index is -0.952. The summed E-state index contributed by atoms with van der Waals surface area (Å²) in [6.07, 6.45) is 11.2. The molecule has 0 bridgehead atoms. The third kappa shape index (κ3) is 7.96. The highest BCUT2D eigenvalue weighted by molar-refractivity contribution is 5.57. The predicted octanol–water partition coefficient (Wildman–Crippen LogP) is 7.23. The van der Waals surface area contributed by atoms with Crippen LogP contribution < -0.4 is 4.74 Å². The molecule has 0 fully saturated rings. The van der Waals surface area contributed by atoms with Crippen LogP contribution in [0.5, 0.6) is 5.75 Å². The van der Waals surface area contributed by atoms with Gasteiger partial charge in [-0.05, 0) is 44.2 Å². The molecule has 0 spiro atoms. The number of aromatic nitrogens is 2. The van der Waals surface area contributed by atoms with E-state index in [0.717, 1.165) is 12.8 Å². The van der Waals surface area contributed by atoms with E-state index in [-0.39, 0.29) is 11.4 Å². The summed E-state index contributed by atoms with van der Waals surface area (Å²) >= 11 is 0. The molecule has 0 radical (unpaired) electrons. The number of ether oxygens (including phenoxy) is 1. The molecule has 6 heteroatoms. The summed E-state index contributed by atoms with van der Waals surface area (Å²) in [5.74, 6) is -1.19. The molecular formula is C24H33F3N2O. The zero-order chi connectivity index (χ0) is 21.8. The van der Waals surface area contributed by atoms with E-state index in [9.17, 15) is 13.2 Å². The zero-order valence-corrected chi connectivity index (χ0v) is 18.1. The van der Waals surface area contributed by atoms with E-state index in [4.69, 9.17) is 4.74 Å². The fraction of sp³-hybridized carbons (Fsp3) is 0.583. The van der Waals surface area contributed by atoms with Crippen LogP contribution in [0.3, 0.4) is 0 Å². The van der Waals surface area contributed by atoms with E-state index in [2.05, 4.69) is 16.9 Å². The Morgan fingerprint density at radius 3 is 2.30 bits per heavy atom. The number of aryl methyl sites for hydroxylation is 1. The quantitative estimate of drug-likeness (QED) is 0.301. The van der Waals surface area contributed by atoms with Crippen LogP contribution >= 0.6 is 0 Å². The average Bonchev–Trinajstić information content (AvgIpc) is 2.74. The summed E-state index contributed by atoms with van der Waals surface area (Å²) in [7, 11) is 0. The topological polar surface area (TPSA) is 35.0 Å². The van der Waals surface area contributed by atoms with Gasteiger partial charge in [0.25, 0.3) is 0 Å². The molecule has 1 atom stereocenters. The lowest BCUT2D eigenvalue weighted by Crippen LogP contribution is -2.02. The Morgan fingerprint density at radius 2 is 1.60 bits per heavy atom. The van der Waals surface area contributed by atoms with Gasteiger partial charge in [0, 0.05) is 0 Å². The first-order valence-electron chi connectivity index (χ1n) is 11.1. The third-order valence-corrected chi connectivity index (χ3v) is 5.10. The molecule has 2 aromatic rings. The van der Waals surface area contributed by atoms with Crippen LogP contribution in [0.1, 0.15) is 77.2 Å². The van der Waals surface area contributed by atoms with E-state index in [1.54, 1.807) is 6.07 Å². The van der Waals surface area contributed by atoms with Gasteiger partial charge in [-0.25, -0.2) is 23.1 Å². The third-order valence-electron chi connectivity index (χ3n) is 5.10. The molecule has 1 aromatic carbocycles. The first kappa shape index (κ1) is 24.2. The summed E-state index contributed by atoms with van der Waals surface area (Å²) in [6, 6.07) is 3.05. The van der Waals surface area contributed by atoms with Gasteiger partial charge >= 0.3 is 0 Å². The van der Waals surface area contributed by atoms with Crippen molar-refractivity contribution in [3.8, 4) is 17.1 Å². The van der Waals surface area contributed by atoms with Crippen LogP contribution in [0.2, 0.25) is 0 Å². The predicted molar refractivity (Wildman–Crippen MR) is 114 cm³/mol. The number of halogens is 3. The largest absolute Gasteiger partial charge is 0.490 e. The SMILES string of the molecule is CCCCCCCCOc1cnc(-c2ccc(CCCCC(C)F)c(F)c2F)nc1. The Morgan fingerprint density at radius 1 is 0.900 bits per heavy atom. The highest BCUT2D eigenvalue weighted by Crippen LogP contribution is 2.25. The first-order valence-corrected chi connectivity index (χ1v) is 11.1. The van der Waals surface area contributed by atoms with Gasteiger partial charge < -0.3 is 4.74 Å². The molecule has 0 saturated heterocycles. The second-order valence-electron chi connectivity index (χ2n) is 7.79. The fourth-order valence-electron chi connectivity index (χ4n) is 3.30. The molecule has 1 aromatic heterocycles. The lowest BCUT2D eigenvalue weighted by Gasteiger charge is -2.09. The molecule has 0 amide bonds. The molecule has 1 heterocycles. The molecule has 0 aliphatic heterocycles. The van der Waals surface area contributed by atoms with Crippen molar-refractivity contribution in [3.63, 3.8) is 0 Å². The van der Waals surface area contributed by atoms with Crippen molar-refractivity contribution in [2.45, 2.75) is 84.2 Å². The summed E-state index contributed by atoms with van der Waals surface area (Å²) in [6.45, 7) is 4.28. The second-order valence-corrected chi connectivity index (χ2v) is 7.79. The van der Waals surface area contributed by atoms with Gasteiger partial charge in [0.05, 0.1) is 30.7 Å². The van der Waals surface area contributed by atoms with Crippen LogP contribution in [0, 0.1) is 11.6 Å². The average molecular weight is 423 g/mol. The molecule has 3 nitrogen and oxygen atoms in total. The second kappa shape index (κ2) is 13.2. The number of unbranched alkanes of at least 4 members (excludes halogenated alkanes) is 6. The van der Waals surface area contributed by atoms with Crippen LogP contribution in [0.25, 0.3) is 11.4 Å². The molecule has 30 heavy (non-hydrogen) atoms. The maximum Gasteiger partial charge on any atom is 0.170 e. The molecule has 0 N–H and O–H groups in total. The van der Waals surface area contributed by atoms with Gasteiger partial charge in [0.1, 0.15) is 0 Å². The van der Waals surface area contributed by atoms with E-state index in [1.807, 2.05) is 0 Å². The zero-order valence-electron chi connectivity index (χ0n) is 18.1. The van der Waals surface area contributed by atoms with Gasteiger partial charge in [-0.3, -0.25) is 0 Å². The Hall–Kier alpha value is -2.11. The Kier molecular flexibility index (Phi) is 10.7. The Balaban J connectivity index is 1.87. The van der Waals surface area contributed by atoms with E-state index >= 15 is 0 Å². The smallest absolute Gasteiger partial charge is 0.170 e. The lowest BCUT2D eigenvalue weighted by atomic mass is 10.0. The van der Waals surface area contributed by atoms with Gasteiger partial charge in [-0.15, -0.1) is 0 Å². The molecule has 166 valence electrons. The van der Waals surface area contributed by atoms with Gasteiger partial charge in [-0.2, -0.15) is 0 Å². The van der Waals surface area contributed by atoms with Crippen LogP contribution in [0.15, 0.2) is 24.5 Å². The number of rotatable bonds is 14. The number of alkyl halides is 1. The number of hydrogen-bond donors (Lipinski definition) is 0. The van der Waals surface area contributed by atoms with E-state index in [0.29, 0.717) is 43.6 Å². The Bertz CT molecular complexity index is 751. The highest BCUT2D eigenvalue weighted by atomic mass is 19.2. The standard InChI is InChI=1S/C24H33F3N2O/c1-3-4-5-6-7-10-15-30-20-16-28-24(29-17-20)21-14-13-19(22(26)23(21)27)12-9-8-11-18(2)25/h13-14,16-18H,3-12,15H2,1-2H3. The molecule has 0 saturated carbocycles. The van der Waals surface area contributed by atoms with Crippen molar-refractivity contribution >= 4 is 0 Å². The van der Waals surface area contributed by atoms with Crippen molar-refractivity contribution in [1.29, 1.82) is 0 Å². The van der Waals surface area contributed by atoms with Crippen molar-refractivity contribution in [1.82, 2.24) is 9.97 Å². The minimum Gasteiger partial charge on any atom is -0.490 e. The van der Waals surface area contributed by atoms with Crippen LogP contribution in [-0.2, 0) is 6.42 Å². The fourth-order valence-corrected chi connectivity index (χ4v) is 3.30. The Labute approximate surface area is 178 Å². The number of nitrogens with zero attached hydrogens (tertiary/aromatic N) is 2. The summed E-state index contributed by atoms with van der Waals surface area (Å²) in [4.78, 5) is 8.26. The summed E-state index contributed by atoms with van der Waals surface area (Å²) < 4.78 is 47.4. The van der Waals surface area contributed by atoms with Crippen molar-refractivity contribution in [2.75, 3.05) is 6.61 Å². The molecule has 0 aliphatic rings. The van der Waals surface area contributed by atoms with Crippen molar-refractivity contribution < 1.29 is 17.9 Å². The summed E-state index contributed by atoms with van der Waals surface area (Å²) in [5.41, 5.74) is 0.317. The maximum absolute atomic E-state index is 14.5. The molecule has 1 unspecified atom stereocenters. The lowest BCUT2D eigenvalue weighted by molar-refractivity contribution is 0.302. The van der Waals surface area contributed by atoms with Crippen molar-refractivity contribution in [3.05, 3.63) is 41.7 Å². The van der Waals surface area contributed by atoms with E-state index < -0.39 is 17.8 Å². The first-order chi connectivity index (χ1) is 14.5. The molecular weight excluding hydrogens is 389 g/mol. The summed E-state index contributed by atoms with van der Waals surface area (Å²) in [5, 5.41) is 0. The van der Waals surface area contributed by atoms with Crippen LogP contribution in [-0.4, -0.2) is 22.7 Å². The van der Waals surface area contributed by atoms with Gasteiger partial charge in [-0.1, -0.05) is 51.5 Å². The highest BCUT2D eigenvalue weighted by Gasteiger charge is 2.16. The minimum absolute atomic E-state index is 0.0242. The van der Waals surface area contributed by atoms with E-state index in [1.165, 1.54) is 51.1 Å². The maximum atomic E-state index is 14.5.